The van der Waals surface area contributed by atoms with Gasteiger partial charge in [0, 0.05) is 24.3 Å². The fraction of sp³-hybridized carbons (Fsp3) is 0.500. The minimum absolute atomic E-state index is 0.0115. The van der Waals surface area contributed by atoms with Crippen LogP contribution < -0.4 is 16.0 Å². The molecule has 1 fully saturated rings. The highest BCUT2D eigenvalue weighted by molar-refractivity contribution is 5.97. The first-order chi connectivity index (χ1) is 10.1. The van der Waals surface area contributed by atoms with Crippen molar-refractivity contribution in [3.8, 4) is 0 Å². The van der Waals surface area contributed by atoms with Gasteiger partial charge in [0.1, 0.15) is 0 Å². The normalized spacial score (nSPS) is 21.0. The SMILES string of the molecule is CCCNC(=O)c1cccc(NC(=O)C2CNCC2C)c1. The fourth-order valence-electron chi connectivity index (χ4n) is 2.47. The second kappa shape index (κ2) is 7.22. The Labute approximate surface area is 125 Å². The lowest BCUT2D eigenvalue weighted by molar-refractivity contribution is -0.120. The van der Waals surface area contributed by atoms with Gasteiger partial charge in [0.25, 0.3) is 5.91 Å². The molecule has 0 radical (unpaired) electrons. The summed E-state index contributed by atoms with van der Waals surface area (Å²) in [6.07, 6.45) is 0.898. The minimum atomic E-state index is -0.108. The van der Waals surface area contributed by atoms with Crippen molar-refractivity contribution in [2.45, 2.75) is 20.3 Å². The molecule has 3 N–H and O–H groups in total. The summed E-state index contributed by atoms with van der Waals surface area (Å²) in [4.78, 5) is 24.1. The molecule has 1 saturated heterocycles. The van der Waals surface area contributed by atoms with E-state index in [9.17, 15) is 9.59 Å². The predicted octanol–water partition coefficient (Wildman–Crippen LogP) is 1.62. The first-order valence-electron chi connectivity index (χ1n) is 7.51. The molecular formula is C16H23N3O2. The van der Waals surface area contributed by atoms with Gasteiger partial charge in [-0.25, -0.2) is 0 Å². The van der Waals surface area contributed by atoms with Crippen LogP contribution in [0, 0.1) is 11.8 Å². The van der Waals surface area contributed by atoms with E-state index in [4.69, 9.17) is 0 Å². The molecular weight excluding hydrogens is 266 g/mol. The van der Waals surface area contributed by atoms with E-state index in [0.717, 1.165) is 13.0 Å². The zero-order chi connectivity index (χ0) is 15.2. The average Bonchev–Trinajstić information content (AvgIpc) is 2.91. The minimum Gasteiger partial charge on any atom is -0.352 e. The molecule has 5 heteroatoms. The maximum atomic E-state index is 12.2. The summed E-state index contributed by atoms with van der Waals surface area (Å²) >= 11 is 0. The van der Waals surface area contributed by atoms with Crippen molar-refractivity contribution in [3.63, 3.8) is 0 Å². The Morgan fingerprint density at radius 1 is 1.33 bits per heavy atom. The first kappa shape index (κ1) is 15.5. The molecule has 1 aliphatic rings. The van der Waals surface area contributed by atoms with Crippen molar-refractivity contribution in [2.24, 2.45) is 11.8 Å². The van der Waals surface area contributed by atoms with E-state index in [1.807, 2.05) is 13.0 Å². The van der Waals surface area contributed by atoms with Crippen molar-refractivity contribution in [1.82, 2.24) is 10.6 Å². The largest absolute Gasteiger partial charge is 0.352 e. The van der Waals surface area contributed by atoms with Gasteiger partial charge in [0.05, 0.1) is 5.92 Å². The van der Waals surface area contributed by atoms with Gasteiger partial charge >= 0.3 is 0 Å². The number of benzene rings is 1. The maximum absolute atomic E-state index is 12.2. The van der Waals surface area contributed by atoms with Gasteiger partial charge < -0.3 is 16.0 Å². The second-order valence-electron chi connectivity index (χ2n) is 5.57. The molecule has 2 atom stereocenters. The number of carbonyl (C=O) groups excluding carboxylic acids is 2. The Kier molecular flexibility index (Phi) is 5.33. The quantitative estimate of drug-likeness (QED) is 0.771. The molecule has 1 aromatic carbocycles. The zero-order valence-electron chi connectivity index (χ0n) is 12.6. The highest BCUT2D eigenvalue weighted by Gasteiger charge is 2.29. The standard InChI is InChI=1S/C16H23N3O2/c1-3-7-18-15(20)12-5-4-6-13(8-12)19-16(21)14-10-17-9-11(14)2/h4-6,8,11,14,17H,3,7,9-10H2,1-2H3,(H,18,20)(H,19,21). The summed E-state index contributed by atoms with van der Waals surface area (Å²) in [7, 11) is 0. The van der Waals surface area contributed by atoms with Gasteiger partial charge in [-0.15, -0.1) is 0 Å². The highest BCUT2D eigenvalue weighted by Crippen LogP contribution is 2.19. The fourth-order valence-corrected chi connectivity index (χ4v) is 2.47. The molecule has 1 heterocycles. The molecule has 0 spiro atoms. The van der Waals surface area contributed by atoms with E-state index in [0.29, 0.717) is 30.3 Å². The molecule has 5 nitrogen and oxygen atoms in total. The van der Waals surface area contributed by atoms with Gasteiger partial charge in [0.2, 0.25) is 5.91 Å². The Balaban J connectivity index is 2.00. The van der Waals surface area contributed by atoms with E-state index in [1.54, 1.807) is 18.2 Å². The number of anilines is 1. The third-order valence-corrected chi connectivity index (χ3v) is 3.78. The van der Waals surface area contributed by atoms with Crippen LogP contribution >= 0.6 is 0 Å². The molecule has 2 unspecified atom stereocenters. The Bertz CT molecular complexity index is 516. The van der Waals surface area contributed by atoms with Crippen molar-refractivity contribution in [1.29, 1.82) is 0 Å². The third kappa shape index (κ3) is 4.04. The summed E-state index contributed by atoms with van der Waals surface area (Å²) in [6, 6.07) is 7.06. The van der Waals surface area contributed by atoms with E-state index < -0.39 is 0 Å². The predicted molar refractivity (Wildman–Crippen MR) is 83.2 cm³/mol. The van der Waals surface area contributed by atoms with Gasteiger partial charge in [-0.2, -0.15) is 0 Å². The van der Waals surface area contributed by atoms with Gasteiger partial charge in [-0.05, 0) is 37.1 Å². The van der Waals surface area contributed by atoms with Crippen molar-refractivity contribution in [2.75, 3.05) is 25.0 Å². The summed E-state index contributed by atoms with van der Waals surface area (Å²) in [6.45, 7) is 6.31. The Morgan fingerprint density at radius 3 is 2.81 bits per heavy atom. The monoisotopic (exact) mass is 289 g/mol. The lowest BCUT2D eigenvalue weighted by Crippen LogP contribution is -2.28. The van der Waals surface area contributed by atoms with Crippen molar-refractivity contribution < 1.29 is 9.59 Å². The molecule has 1 aromatic rings. The zero-order valence-corrected chi connectivity index (χ0v) is 12.6. The number of hydrogen-bond acceptors (Lipinski definition) is 3. The molecule has 0 saturated carbocycles. The number of carbonyl (C=O) groups is 2. The van der Waals surface area contributed by atoms with Crippen LogP contribution in [-0.2, 0) is 4.79 Å². The van der Waals surface area contributed by atoms with Crippen LogP contribution in [0.4, 0.5) is 5.69 Å². The molecule has 2 rings (SSSR count). The van der Waals surface area contributed by atoms with Crippen LogP contribution in [-0.4, -0.2) is 31.4 Å². The van der Waals surface area contributed by atoms with E-state index >= 15 is 0 Å². The van der Waals surface area contributed by atoms with Crippen LogP contribution in [0.5, 0.6) is 0 Å². The highest BCUT2D eigenvalue weighted by atomic mass is 16.2. The number of hydrogen-bond donors (Lipinski definition) is 3. The summed E-state index contributed by atoms with van der Waals surface area (Å²) < 4.78 is 0. The summed E-state index contributed by atoms with van der Waals surface area (Å²) in [5.74, 6) is 0.228. The first-order valence-corrected chi connectivity index (χ1v) is 7.51. The lowest BCUT2D eigenvalue weighted by Gasteiger charge is -2.14. The van der Waals surface area contributed by atoms with Gasteiger partial charge in [0.15, 0.2) is 0 Å². The number of amides is 2. The second-order valence-corrected chi connectivity index (χ2v) is 5.57. The lowest BCUT2D eigenvalue weighted by atomic mass is 9.97. The third-order valence-electron chi connectivity index (χ3n) is 3.78. The molecule has 0 aliphatic carbocycles. The van der Waals surface area contributed by atoms with Crippen LogP contribution in [0.3, 0.4) is 0 Å². The molecule has 114 valence electrons. The van der Waals surface area contributed by atoms with E-state index in [1.165, 1.54) is 0 Å². The molecule has 0 aromatic heterocycles. The van der Waals surface area contributed by atoms with Crippen LogP contribution in [0.2, 0.25) is 0 Å². The topological polar surface area (TPSA) is 70.2 Å². The molecule has 0 bridgehead atoms. The van der Waals surface area contributed by atoms with E-state index in [2.05, 4.69) is 22.9 Å². The number of rotatable bonds is 5. The Morgan fingerprint density at radius 2 is 2.14 bits per heavy atom. The maximum Gasteiger partial charge on any atom is 0.251 e. The average molecular weight is 289 g/mol. The Hall–Kier alpha value is -1.88. The summed E-state index contributed by atoms with van der Waals surface area (Å²) in [5.41, 5.74) is 1.24. The molecule has 2 amide bonds. The number of nitrogens with one attached hydrogen (secondary N) is 3. The van der Waals surface area contributed by atoms with E-state index in [-0.39, 0.29) is 17.7 Å². The van der Waals surface area contributed by atoms with Crippen molar-refractivity contribution in [3.05, 3.63) is 29.8 Å². The van der Waals surface area contributed by atoms with Crippen LogP contribution in [0.15, 0.2) is 24.3 Å². The van der Waals surface area contributed by atoms with Gasteiger partial charge in [-0.3, -0.25) is 9.59 Å². The van der Waals surface area contributed by atoms with Gasteiger partial charge in [-0.1, -0.05) is 19.9 Å². The molecule has 1 aliphatic heterocycles. The van der Waals surface area contributed by atoms with Crippen LogP contribution in [0.1, 0.15) is 30.6 Å². The van der Waals surface area contributed by atoms with Crippen molar-refractivity contribution >= 4 is 17.5 Å². The summed E-state index contributed by atoms with van der Waals surface area (Å²) in [5, 5.41) is 8.95. The van der Waals surface area contributed by atoms with Crippen LogP contribution in [0.25, 0.3) is 0 Å². The smallest absolute Gasteiger partial charge is 0.251 e. The molecule has 21 heavy (non-hydrogen) atoms.